The lowest BCUT2D eigenvalue weighted by Crippen LogP contribution is -2.27. The van der Waals surface area contributed by atoms with E-state index in [9.17, 15) is 14.0 Å². The summed E-state index contributed by atoms with van der Waals surface area (Å²) < 4.78 is 31.3. The maximum absolute atomic E-state index is 14.6. The molecule has 194 valence electrons. The highest BCUT2D eigenvalue weighted by molar-refractivity contribution is 6.35. The SMILES string of the molecule is CCOC(=O)C1CCOc2cc(Oc3ccc(C(=O)NCC(F)c4ccc(Cl)cc4Cl)cc3)c(Cl)cc21. The first-order valence-electron chi connectivity index (χ1n) is 11.5. The fourth-order valence-corrected chi connectivity index (χ4v) is 4.64. The van der Waals surface area contributed by atoms with Crippen LogP contribution in [0, 0.1) is 0 Å². The van der Waals surface area contributed by atoms with Gasteiger partial charge in [0, 0.05) is 32.8 Å². The lowest BCUT2D eigenvalue weighted by Gasteiger charge is -2.25. The highest BCUT2D eigenvalue weighted by atomic mass is 35.5. The van der Waals surface area contributed by atoms with Crippen molar-refractivity contribution in [2.75, 3.05) is 19.8 Å². The highest BCUT2D eigenvalue weighted by Gasteiger charge is 2.30. The van der Waals surface area contributed by atoms with Gasteiger partial charge in [-0.1, -0.05) is 40.9 Å². The molecule has 0 saturated carbocycles. The maximum Gasteiger partial charge on any atom is 0.313 e. The highest BCUT2D eigenvalue weighted by Crippen LogP contribution is 2.42. The molecule has 10 heteroatoms. The van der Waals surface area contributed by atoms with Gasteiger partial charge in [0.1, 0.15) is 23.4 Å². The maximum atomic E-state index is 14.6. The van der Waals surface area contributed by atoms with Gasteiger partial charge in [-0.15, -0.1) is 0 Å². The predicted molar refractivity (Wildman–Crippen MR) is 140 cm³/mol. The molecule has 0 fully saturated rings. The number of ether oxygens (including phenoxy) is 3. The summed E-state index contributed by atoms with van der Waals surface area (Å²) in [5, 5.41) is 3.45. The van der Waals surface area contributed by atoms with Crippen molar-refractivity contribution >= 4 is 46.7 Å². The second kappa shape index (κ2) is 12.0. The van der Waals surface area contributed by atoms with E-state index >= 15 is 0 Å². The molecule has 37 heavy (non-hydrogen) atoms. The minimum Gasteiger partial charge on any atom is -0.493 e. The quantitative estimate of drug-likeness (QED) is 0.290. The van der Waals surface area contributed by atoms with E-state index in [0.29, 0.717) is 58.1 Å². The zero-order valence-electron chi connectivity index (χ0n) is 19.7. The minimum atomic E-state index is -1.49. The standard InChI is InChI=1S/C27H23Cl3FNO5/c1-2-35-27(34)18-9-10-36-24-13-25(22(30)12-20(18)24)37-17-6-3-15(4-7-17)26(33)32-14-23(31)19-8-5-16(28)11-21(19)29/h3-8,11-13,18,23H,2,9-10,14H2,1H3,(H,32,33). The molecule has 1 N–H and O–H groups in total. The van der Waals surface area contributed by atoms with Gasteiger partial charge in [-0.05, 0) is 55.8 Å². The van der Waals surface area contributed by atoms with E-state index < -0.39 is 18.0 Å². The number of nitrogens with one attached hydrogen (secondary N) is 1. The largest absolute Gasteiger partial charge is 0.493 e. The molecule has 0 saturated heterocycles. The van der Waals surface area contributed by atoms with E-state index in [1.54, 1.807) is 43.3 Å². The summed E-state index contributed by atoms with van der Waals surface area (Å²) in [5.74, 6) is 0.0363. The molecule has 2 atom stereocenters. The molecule has 3 aromatic carbocycles. The Hall–Kier alpha value is -3.00. The molecule has 6 nitrogen and oxygen atoms in total. The average Bonchev–Trinajstić information content (AvgIpc) is 2.87. The second-order valence-corrected chi connectivity index (χ2v) is 9.48. The molecule has 1 aliphatic heterocycles. The number of benzene rings is 3. The van der Waals surface area contributed by atoms with E-state index in [1.807, 2.05) is 0 Å². The number of rotatable bonds is 8. The topological polar surface area (TPSA) is 73.9 Å². The third kappa shape index (κ3) is 6.47. The fourth-order valence-electron chi connectivity index (χ4n) is 3.91. The van der Waals surface area contributed by atoms with E-state index in [0.717, 1.165) is 0 Å². The summed E-state index contributed by atoms with van der Waals surface area (Å²) in [7, 11) is 0. The Morgan fingerprint density at radius 1 is 1.08 bits per heavy atom. The van der Waals surface area contributed by atoms with Crippen LogP contribution in [-0.2, 0) is 9.53 Å². The van der Waals surface area contributed by atoms with Crippen LogP contribution in [0.25, 0.3) is 0 Å². The van der Waals surface area contributed by atoms with Crippen molar-refractivity contribution in [3.8, 4) is 17.2 Å². The van der Waals surface area contributed by atoms with E-state index in [1.165, 1.54) is 18.2 Å². The van der Waals surface area contributed by atoms with E-state index in [4.69, 9.17) is 49.0 Å². The van der Waals surface area contributed by atoms with Crippen LogP contribution in [-0.4, -0.2) is 31.6 Å². The van der Waals surface area contributed by atoms with Crippen molar-refractivity contribution < 1.29 is 28.2 Å². The molecule has 0 radical (unpaired) electrons. The molecule has 0 aromatic heterocycles. The Balaban J connectivity index is 1.40. The third-order valence-electron chi connectivity index (χ3n) is 5.76. The number of halogens is 4. The number of carbonyl (C=O) groups is 2. The molecule has 3 aromatic rings. The number of hydrogen-bond acceptors (Lipinski definition) is 5. The summed E-state index contributed by atoms with van der Waals surface area (Å²) in [6, 6.07) is 14.0. The van der Waals surface area contributed by atoms with Gasteiger partial charge in [0.2, 0.25) is 0 Å². The van der Waals surface area contributed by atoms with Crippen LogP contribution < -0.4 is 14.8 Å². The van der Waals surface area contributed by atoms with Gasteiger partial charge < -0.3 is 19.5 Å². The molecule has 0 bridgehead atoms. The average molecular weight is 567 g/mol. The third-order valence-corrected chi connectivity index (χ3v) is 6.62. The van der Waals surface area contributed by atoms with Crippen molar-refractivity contribution in [2.24, 2.45) is 0 Å². The molecule has 1 amide bonds. The van der Waals surface area contributed by atoms with Gasteiger partial charge in [-0.3, -0.25) is 9.59 Å². The zero-order valence-corrected chi connectivity index (χ0v) is 22.0. The molecule has 0 aliphatic carbocycles. The van der Waals surface area contributed by atoms with Crippen molar-refractivity contribution in [1.29, 1.82) is 0 Å². The first kappa shape index (κ1) is 27.0. The van der Waals surface area contributed by atoms with Gasteiger partial charge in [-0.25, -0.2) is 4.39 Å². The molecule has 4 rings (SSSR count). The zero-order chi connectivity index (χ0) is 26.5. The van der Waals surface area contributed by atoms with Crippen LogP contribution in [0.2, 0.25) is 15.1 Å². The Labute approximate surface area is 228 Å². The second-order valence-electron chi connectivity index (χ2n) is 8.23. The Bertz CT molecular complexity index is 1300. The smallest absolute Gasteiger partial charge is 0.313 e. The predicted octanol–water partition coefficient (Wildman–Crippen LogP) is 7.31. The normalized spacial score (nSPS) is 15.2. The summed E-state index contributed by atoms with van der Waals surface area (Å²) in [6.45, 7) is 2.16. The number of amides is 1. The van der Waals surface area contributed by atoms with Crippen molar-refractivity contribution in [1.82, 2.24) is 5.32 Å². The number of alkyl halides is 1. The molecular weight excluding hydrogens is 544 g/mol. The number of carbonyl (C=O) groups excluding carboxylic acids is 2. The fraction of sp³-hybridized carbons (Fsp3) is 0.259. The lowest BCUT2D eigenvalue weighted by molar-refractivity contribution is -0.145. The number of hydrogen-bond donors (Lipinski definition) is 1. The van der Waals surface area contributed by atoms with Gasteiger partial charge in [0.15, 0.2) is 0 Å². The monoisotopic (exact) mass is 565 g/mol. The van der Waals surface area contributed by atoms with Crippen LogP contribution >= 0.6 is 34.8 Å². The first-order valence-corrected chi connectivity index (χ1v) is 12.7. The summed E-state index contributed by atoms with van der Waals surface area (Å²) >= 11 is 18.3. The number of fused-ring (bicyclic) bond motifs is 1. The molecule has 1 aliphatic rings. The summed E-state index contributed by atoms with van der Waals surface area (Å²) in [4.78, 5) is 24.8. The summed E-state index contributed by atoms with van der Waals surface area (Å²) in [5.41, 5.74) is 1.22. The summed E-state index contributed by atoms with van der Waals surface area (Å²) in [6.07, 6.45) is -0.991. The minimum absolute atomic E-state index is 0.193. The van der Waals surface area contributed by atoms with Gasteiger partial charge in [0.05, 0.1) is 30.7 Å². The number of esters is 1. The van der Waals surface area contributed by atoms with Crippen LogP contribution in [0.3, 0.4) is 0 Å². The molecule has 1 heterocycles. The van der Waals surface area contributed by atoms with Crippen LogP contribution in [0.15, 0.2) is 54.6 Å². The first-order chi connectivity index (χ1) is 17.8. The van der Waals surface area contributed by atoms with Crippen LogP contribution in [0.1, 0.15) is 46.9 Å². The van der Waals surface area contributed by atoms with Crippen LogP contribution in [0.5, 0.6) is 17.2 Å². The molecular formula is C27H23Cl3FNO5. The van der Waals surface area contributed by atoms with Crippen molar-refractivity contribution in [3.63, 3.8) is 0 Å². The Morgan fingerprint density at radius 3 is 2.54 bits per heavy atom. The van der Waals surface area contributed by atoms with Gasteiger partial charge in [0.25, 0.3) is 5.91 Å². The molecule has 2 unspecified atom stereocenters. The van der Waals surface area contributed by atoms with Crippen LogP contribution in [0.4, 0.5) is 4.39 Å². The van der Waals surface area contributed by atoms with Gasteiger partial charge >= 0.3 is 5.97 Å². The van der Waals surface area contributed by atoms with Gasteiger partial charge in [-0.2, -0.15) is 0 Å². The lowest BCUT2D eigenvalue weighted by atomic mass is 9.93. The van der Waals surface area contributed by atoms with E-state index in [-0.39, 0.29) is 23.1 Å². The van der Waals surface area contributed by atoms with E-state index in [2.05, 4.69) is 5.32 Å². The Kier molecular flexibility index (Phi) is 8.79. The van der Waals surface area contributed by atoms with Crippen molar-refractivity contribution in [2.45, 2.75) is 25.4 Å². The van der Waals surface area contributed by atoms with Crippen molar-refractivity contribution in [3.05, 3.63) is 86.4 Å². The Morgan fingerprint density at radius 2 is 1.84 bits per heavy atom. The molecule has 0 spiro atoms.